The van der Waals surface area contributed by atoms with Crippen molar-refractivity contribution in [3.8, 4) is 0 Å². The van der Waals surface area contributed by atoms with Crippen molar-refractivity contribution in [2.45, 2.75) is 0 Å². The molecule has 54 valence electrons. The smallest absolute Gasteiger partial charge is 0.204 e. The Morgan fingerprint density at radius 3 is 2.00 bits per heavy atom. The zero-order valence-corrected chi connectivity index (χ0v) is 5.30. The lowest BCUT2D eigenvalue weighted by Gasteiger charge is -2.10. The fraction of sp³-hybridized carbons (Fsp3) is 0.800. The van der Waals surface area contributed by atoms with Crippen LogP contribution in [0.25, 0.3) is 0 Å². The zero-order valence-electron chi connectivity index (χ0n) is 5.30. The molecule has 0 saturated carbocycles. The second-order valence-electron chi connectivity index (χ2n) is 1.50. The lowest BCUT2D eigenvalue weighted by atomic mass is 10.5. The highest BCUT2D eigenvalue weighted by Gasteiger charge is 1.92. The van der Waals surface area contributed by atoms with Gasteiger partial charge in [-0.25, -0.2) is 0 Å². The van der Waals surface area contributed by atoms with Crippen LogP contribution in [0.1, 0.15) is 0 Å². The number of rotatable bonds is 0. The van der Waals surface area contributed by atoms with Gasteiger partial charge < -0.3 is 15.8 Å². The van der Waals surface area contributed by atoms with Gasteiger partial charge in [0.15, 0.2) is 0 Å². The fourth-order valence-corrected chi connectivity index (χ4v) is 0.516. The van der Waals surface area contributed by atoms with Gasteiger partial charge in [0.25, 0.3) is 0 Å². The van der Waals surface area contributed by atoms with Crippen molar-refractivity contribution in [3.63, 3.8) is 0 Å². The average molecular weight is 132 g/mol. The molecule has 9 heavy (non-hydrogen) atoms. The van der Waals surface area contributed by atoms with Gasteiger partial charge in [-0.05, 0) is 0 Å². The van der Waals surface area contributed by atoms with Crippen LogP contribution in [0.5, 0.6) is 0 Å². The molecule has 1 rings (SSSR count). The second kappa shape index (κ2) is 7.39. The first kappa shape index (κ1) is 8.39. The molecule has 1 heterocycles. The van der Waals surface area contributed by atoms with E-state index < -0.39 is 0 Å². The lowest BCUT2D eigenvalue weighted by molar-refractivity contribution is -0.106. The third-order valence-electron chi connectivity index (χ3n) is 0.846. The maximum absolute atomic E-state index is 8.58. The molecule has 1 aliphatic rings. The highest BCUT2D eigenvalue weighted by atomic mass is 16.5. The van der Waals surface area contributed by atoms with Gasteiger partial charge in [-0.3, -0.25) is 4.79 Å². The molecular weight excluding hydrogens is 120 g/mol. The lowest BCUT2D eigenvalue weighted by Crippen LogP contribution is -2.30. The SMILES string of the molecule is C1COCCN1.NC=O. The molecule has 0 radical (unpaired) electrons. The Morgan fingerprint density at radius 2 is 1.89 bits per heavy atom. The van der Waals surface area contributed by atoms with Crippen molar-refractivity contribution in [2.75, 3.05) is 26.3 Å². The Kier molecular flexibility index (Phi) is 6.89. The topological polar surface area (TPSA) is 64.3 Å². The summed E-state index contributed by atoms with van der Waals surface area (Å²) in [5.41, 5.74) is 4.17. The summed E-state index contributed by atoms with van der Waals surface area (Å²) in [7, 11) is 0. The first-order valence-corrected chi connectivity index (χ1v) is 2.85. The number of amides is 1. The maximum Gasteiger partial charge on any atom is 0.204 e. The van der Waals surface area contributed by atoms with Crippen LogP contribution in [0, 0.1) is 0 Å². The largest absolute Gasteiger partial charge is 0.379 e. The highest BCUT2D eigenvalue weighted by Crippen LogP contribution is 1.76. The maximum atomic E-state index is 8.58. The van der Waals surface area contributed by atoms with E-state index in [0.29, 0.717) is 0 Å². The second-order valence-corrected chi connectivity index (χ2v) is 1.50. The van der Waals surface area contributed by atoms with Crippen LogP contribution in [0.3, 0.4) is 0 Å². The number of nitrogens with one attached hydrogen (secondary N) is 1. The molecule has 1 amide bonds. The van der Waals surface area contributed by atoms with E-state index in [0.717, 1.165) is 26.3 Å². The number of primary amides is 1. The molecule has 0 bridgehead atoms. The van der Waals surface area contributed by atoms with Crippen LogP contribution < -0.4 is 11.1 Å². The Hall–Kier alpha value is -0.610. The third kappa shape index (κ3) is 7.39. The van der Waals surface area contributed by atoms with Crippen LogP contribution in [-0.2, 0) is 9.53 Å². The number of morpholine rings is 1. The summed E-state index contributed by atoms with van der Waals surface area (Å²) in [6, 6.07) is 0. The third-order valence-corrected chi connectivity index (χ3v) is 0.846. The molecule has 1 fully saturated rings. The number of hydrogen-bond acceptors (Lipinski definition) is 3. The zero-order chi connectivity index (χ0) is 6.95. The van der Waals surface area contributed by atoms with Gasteiger partial charge in [0.2, 0.25) is 6.41 Å². The fourth-order valence-electron chi connectivity index (χ4n) is 0.516. The van der Waals surface area contributed by atoms with Crippen molar-refractivity contribution in [1.82, 2.24) is 5.32 Å². The van der Waals surface area contributed by atoms with E-state index in [1.165, 1.54) is 0 Å². The van der Waals surface area contributed by atoms with Gasteiger partial charge in [0.05, 0.1) is 13.2 Å². The molecule has 0 unspecified atom stereocenters. The summed E-state index contributed by atoms with van der Waals surface area (Å²) in [5, 5.41) is 3.16. The summed E-state index contributed by atoms with van der Waals surface area (Å²) in [6.07, 6.45) is 0.250. The summed E-state index contributed by atoms with van der Waals surface area (Å²) in [5.74, 6) is 0. The van der Waals surface area contributed by atoms with Gasteiger partial charge in [0.1, 0.15) is 0 Å². The first-order chi connectivity index (χ1) is 4.41. The van der Waals surface area contributed by atoms with Crippen molar-refractivity contribution in [1.29, 1.82) is 0 Å². The molecule has 4 nitrogen and oxygen atoms in total. The van der Waals surface area contributed by atoms with Crippen LogP contribution in [0.4, 0.5) is 0 Å². The van der Waals surface area contributed by atoms with Gasteiger partial charge in [-0.1, -0.05) is 0 Å². The molecule has 0 aliphatic carbocycles. The summed E-state index contributed by atoms with van der Waals surface area (Å²) >= 11 is 0. The minimum absolute atomic E-state index is 0.250. The van der Waals surface area contributed by atoms with Crippen LogP contribution in [-0.4, -0.2) is 32.7 Å². The van der Waals surface area contributed by atoms with E-state index in [1.54, 1.807) is 0 Å². The van der Waals surface area contributed by atoms with Crippen molar-refractivity contribution >= 4 is 6.41 Å². The van der Waals surface area contributed by atoms with E-state index in [2.05, 4.69) is 11.1 Å². The number of hydrogen-bond donors (Lipinski definition) is 2. The van der Waals surface area contributed by atoms with Gasteiger partial charge in [0, 0.05) is 13.1 Å². The van der Waals surface area contributed by atoms with Gasteiger partial charge in [-0.15, -0.1) is 0 Å². The minimum atomic E-state index is 0.250. The van der Waals surface area contributed by atoms with Crippen LogP contribution >= 0.6 is 0 Å². The predicted octanol–water partition coefficient (Wildman–Crippen LogP) is -1.29. The van der Waals surface area contributed by atoms with E-state index in [9.17, 15) is 0 Å². The van der Waals surface area contributed by atoms with Crippen molar-refractivity contribution in [3.05, 3.63) is 0 Å². The monoisotopic (exact) mass is 132 g/mol. The molecule has 0 aromatic rings. The van der Waals surface area contributed by atoms with E-state index in [1.807, 2.05) is 0 Å². The quantitative estimate of drug-likeness (QED) is 0.403. The molecule has 0 aromatic heterocycles. The normalized spacial score (nSPS) is 17.3. The van der Waals surface area contributed by atoms with Crippen molar-refractivity contribution in [2.24, 2.45) is 5.73 Å². The average Bonchev–Trinajstić information content (AvgIpc) is 1.93. The summed E-state index contributed by atoms with van der Waals surface area (Å²) < 4.78 is 5.01. The highest BCUT2D eigenvalue weighted by molar-refractivity contribution is 5.42. The van der Waals surface area contributed by atoms with Crippen LogP contribution in [0.15, 0.2) is 0 Å². The van der Waals surface area contributed by atoms with Gasteiger partial charge >= 0.3 is 0 Å². The molecule has 0 aromatic carbocycles. The summed E-state index contributed by atoms with van der Waals surface area (Å²) in [4.78, 5) is 8.58. The molecule has 0 spiro atoms. The number of ether oxygens (including phenoxy) is 1. The van der Waals surface area contributed by atoms with Gasteiger partial charge in [-0.2, -0.15) is 0 Å². The number of carbonyl (C=O) groups excluding carboxylic acids is 1. The minimum Gasteiger partial charge on any atom is -0.379 e. The molecule has 1 saturated heterocycles. The molecule has 3 N–H and O–H groups in total. The predicted molar refractivity (Wildman–Crippen MR) is 33.9 cm³/mol. The van der Waals surface area contributed by atoms with Crippen LogP contribution in [0.2, 0.25) is 0 Å². The van der Waals surface area contributed by atoms with Crippen molar-refractivity contribution < 1.29 is 9.53 Å². The first-order valence-electron chi connectivity index (χ1n) is 2.85. The standard InChI is InChI=1S/C4H9NO.CH3NO/c1-3-6-4-2-5-1;2-1-3/h5H,1-4H2;1H,(H2,2,3). The van der Waals surface area contributed by atoms with E-state index in [-0.39, 0.29) is 6.41 Å². The Labute approximate surface area is 54.4 Å². The van der Waals surface area contributed by atoms with E-state index >= 15 is 0 Å². The Balaban J connectivity index is 0.000000187. The number of carbonyl (C=O) groups is 1. The Bertz CT molecular complexity index is 52.5. The molecular formula is C5H12N2O2. The Morgan fingerprint density at radius 1 is 1.44 bits per heavy atom. The molecule has 0 atom stereocenters. The molecule has 4 heteroatoms. The molecule has 1 aliphatic heterocycles. The number of nitrogens with two attached hydrogens (primary N) is 1. The van der Waals surface area contributed by atoms with E-state index in [4.69, 9.17) is 9.53 Å². The summed E-state index contributed by atoms with van der Waals surface area (Å²) in [6.45, 7) is 3.83.